The largest absolute Gasteiger partial charge is 0.421 e. The molecular weight excluding hydrogens is 301 g/mol. The van der Waals surface area contributed by atoms with E-state index in [0.717, 1.165) is 0 Å². The van der Waals surface area contributed by atoms with E-state index in [4.69, 9.17) is 4.74 Å². The van der Waals surface area contributed by atoms with Crippen LogP contribution < -0.4 is 10.1 Å². The highest BCUT2D eigenvalue weighted by atomic mass is 19.1. The molecule has 1 amide bonds. The maximum Gasteiger partial charge on any atom is 0.322 e. The van der Waals surface area contributed by atoms with Gasteiger partial charge in [-0.05, 0) is 12.1 Å². The number of anilines is 1. The molecule has 3 aromatic rings. The number of benzene rings is 1. The lowest BCUT2D eigenvalue weighted by molar-refractivity contribution is 0.102. The third kappa shape index (κ3) is 3.62. The summed E-state index contributed by atoms with van der Waals surface area (Å²) in [4.78, 5) is 27.4. The Kier molecular flexibility index (Phi) is 4.14. The summed E-state index contributed by atoms with van der Waals surface area (Å²) < 4.78 is 18.7. The van der Waals surface area contributed by atoms with Gasteiger partial charge < -0.3 is 10.1 Å². The smallest absolute Gasteiger partial charge is 0.322 e. The Morgan fingerprint density at radius 2 is 1.83 bits per heavy atom. The Hall–Kier alpha value is -3.42. The summed E-state index contributed by atoms with van der Waals surface area (Å²) in [6, 6.07) is 5.88. The molecule has 0 unspecified atom stereocenters. The summed E-state index contributed by atoms with van der Waals surface area (Å²) in [6.45, 7) is 0. The Morgan fingerprint density at radius 3 is 2.52 bits per heavy atom. The molecule has 0 atom stereocenters. The molecule has 0 aliphatic heterocycles. The number of rotatable bonds is 4. The van der Waals surface area contributed by atoms with Crippen molar-refractivity contribution in [2.75, 3.05) is 5.32 Å². The number of para-hydroxylation sites is 1. The number of halogens is 1. The molecule has 0 fully saturated rings. The van der Waals surface area contributed by atoms with Crippen LogP contribution in [0.4, 0.5) is 10.1 Å². The van der Waals surface area contributed by atoms with Crippen molar-refractivity contribution in [1.29, 1.82) is 0 Å². The van der Waals surface area contributed by atoms with E-state index < -0.39 is 11.7 Å². The maximum atomic E-state index is 13.5. The standard InChI is InChI=1S/C15H10FN5O2/c16-11-3-1-2-4-13(11)23-15-19-7-10(8-20-15)21-14(22)12-9-17-5-6-18-12/h1-9H,(H,21,22). The number of carbonyl (C=O) groups is 1. The molecule has 2 heterocycles. The number of ether oxygens (including phenoxy) is 1. The molecule has 3 rings (SSSR count). The van der Waals surface area contributed by atoms with Crippen molar-refractivity contribution in [1.82, 2.24) is 19.9 Å². The van der Waals surface area contributed by atoms with Gasteiger partial charge in [-0.25, -0.2) is 19.3 Å². The van der Waals surface area contributed by atoms with Crippen LogP contribution in [0.5, 0.6) is 11.8 Å². The second-order valence-corrected chi connectivity index (χ2v) is 4.33. The highest BCUT2D eigenvalue weighted by Gasteiger charge is 2.09. The first-order valence-electron chi connectivity index (χ1n) is 6.54. The number of hydrogen-bond acceptors (Lipinski definition) is 6. The number of nitrogens with zero attached hydrogens (tertiary/aromatic N) is 4. The van der Waals surface area contributed by atoms with Crippen molar-refractivity contribution >= 4 is 11.6 Å². The van der Waals surface area contributed by atoms with Crippen LogP contribution in [0.1, 0.15) is 10.5 Å². The topological polar surface area (TPSA) is 89.9 Å². The second-order valence-electron chi connectivity index (χ2n) is 4.33. The van der Waals surface area contributed by atoms with Crippen LogP contribution >= 0.6 is 0 Å². The van der Waals surface area contributed by atoms with Crippen molar-refractivity contribution in [3.8, 4) is 11.8 Å². The monoisotopic (exact) mass is 311 g/mol. The van der Waals surface area contributed by atoms with E-state index in [2.05, 4.69) is 25.3 Å². The quantitative estimate of drug-likeness (QED) is 0.796. The minimum Gasteiger partial charge on any atom is -0.421 e. The van der Waals surface area contributed by atoms with Gasteiger partial charge in [0.1, 0.15) is 5.69 Å². The molecule has 8 heteroatoms. The molecule has 0 saturated carbocycles. The van der Waals surface area contributed by atoms with Gasteiger partial charge in [-0.1, -0.05) is 12.1 Å². The maximum absolute atomic E-state index is 13.5. The summed E-state index contributed by atoms with van der Waals surface area (Å²) in [5.41, 5.74) is 0.515. The van der Waals surface area contributed by atoms with Gasteiger partial charge in [0.2, 0.25) is 0 Å². The summed E-state index contributed by atoms with van der Waals surface area (Å²) in [6.07, 6.45) is 6.91. The van der Waals surface area contributed by atoms with Gasteiger partial charge in [0.15, 0.2) is 11.6 Å². The van der Waals surface area contributed by atoms with E-state index in [1.165, 1.54) is 43.1 Å². The van der Waals surface area contributed by atoms with Gasteiger partial charge in [0.05, 0.1) is 24.3 Å². The Bertz CT molecular complexity index is 812. The molecule has 0 aliphatic carbocycles. The second kappa shape index (κ2) is 6.56. The molecule has 0 radical (unpaired) electrons. The molecule has 7 nitrogen and oxygen atoms in total. The van der Waals surface area contributed by atoms with E-state index in [9.17, 15) is 9.18 Å². The first-order chi connectivity index (χ1) is 11.2. The highest BCUT2D eigenvalue weighted by Crippen LogP contribution is 2.21. The number of aromatic nitrogens is 4. The lowest BCUT2D eigenvalue weighted by atomic mass is 10.3. The van der Waals surface area contributed by atoms with Crippen LogP contribution in [0.25, 0.3) is 0 Å². The molecule has 114 valence electrons. The molecule has 0 saturated heterocycles. The SMILES string of the molecule is O=C(Nc1cnc(Oc2ccccc2F)nc1)c1cnccn1. The van der Waals surface area contributed by atoms with E-state index in [-0.39, 0.29) is 17.5 Å². The third-order valence-electron chi connectivity index (χ3n) is 2.72. The Morgan fingerprint density at radius 1 is 1.04 bits per heavy atom. The summed E-state index contributed by atoms with van der Waals surface area (Å²) in [7, 11) is 0. The average molecular weight is 311 g/mol. The van der Waals surface area contributed by atoms with Gasteiger partial charge in [-0.2, -0.15) is 0 Å². The van der Waals surface area contributed by atoms with Crippen molar-refractivity contribution < 1.29 is 13.9 Å². The molecule has 2 aromatic heterocycles. The number of amides is 1. The van der Waals surface area contributed by atoms with E-state index in [1.807, 2.05) is 0 Å². The summed E-state index contributed by atoms with van der Waals surface area (Å²) >= 11 is 0. The zero-order chi connectivity index (χ0) is 16.1. The van der Waals surface area contributed by atoms with Gasteiger partial charge in [-0.3, -0.25) is 9.78 Å². The minimum atomic E-state index is -0.517. The van der Waals surface area contributed by atoms with Crippen molar-refractivity contribution in [3.05, 3.63) is 66.8 Å². The van der Waals surface area contributed by atoms with E-state index in [1.54, 1.807) is 12.1 Å². The van der Waals surface area contributed by atoms with Crippen LogP contribution in [0.2, 0.25) is 0 Å². The zero-order valence-corrected chi connectivity index (χ0v) is 11.7. The van der Waals surface area contributed by atoms with Crippen LogP contribution in [0.3, 0.4) is 0 Å². The molecule has 0 aliphatic rings. The lowest BCUT2D eigenvalue weighted by Gasteiger charge is -2.06. The van der Waals surface area contributed by atoms with Gasteiger partial charge >= 0.3 is 6.01 Å². The zero-order valence-electron chi connectivity index (χ0n) is 11.7. The predicted molar refractivity (Wildman–Crippen MR) is 78.5 cm³/mol. The average Bonchev–Trinajstić information content (AvgIpc) is 2.59. The minimum absolute atomic E-state index is 0.0174. The Balaban J connectivity index is 1.68. The van der Waals surface area contributed by atoms with Crippen LogP contribution in [-0.4, -0.2) is 25.8 Å². The fraction of sp³-hybridized carbons (Fsp3) is 0. The fourth-order valence-corrected chi connectivity index (χ4v) is 1.67. The van der Waals surface area contributed by atoms with E-state index >= 15 is 0 Å². The molecule has 0 spiro atoms. The van der Waals surface area contributed by atoms with Crippen LogP contribution in [0.15, 0.2) is 55.2 Å². The fourth-order valence-electron chi connectivity index (χ4n) is 1.67. The van der Waals surface area contributed by atoms with Crippen molar-refractivity contribution in [3.63, 3.8) is 0 Å². The molecular formula is C15H10FN5O2. The predicted octanol–water partition coefficient (Wildman–Crippen LogP) is 2.45. The van der Waals surface area contributed by atoms with Gasteiger partial charge in [0.25, 0.3) is 5.91 Å². The van der Waals surface area contributed by atoms with Gasteiger partial charge in [-0.15, -0.1) is 0 Å². The first-order valence-corrected chi connectivity index (χ1v) is 6.54. The highest BCUT2D eigenvalue weighted by molar-refractivity contribution is 6.02. The number of hydrogen-bond donors (Lipinski definition) is 1. The Labute approximate surface area is 130 Å². The van der Waals surface area contributed by atoms with E-state index in [0.29, 0.717) is 5.69 Å². The molecule has 23 heavy (non-hydrogen) atoms. The molecule has 1 aromatic carbocycles. The summed E-state index contributed by atoms with van der Waals surface area (Å²) in [5, 5.41) is 2.56. The van der Waals surface area contributed by atoms with Crippen molar-refractivity contribution in [2.24, 2.45) is 0 Å². The summed E-state index contributed by atoms with van der Waals surface area (Å²) in [5.74, 6) is -0.940. The normalized spacial score (nSPS) is 10.1. The van der Waals surface area contributed by atoms with Gasteiger partial charge in [0, 0.05) is 12.4 Å². The van der Waals surface area contributed by atoms with Crippen LogP contribution in [0, 0.1) is 5.82 Å². The number of nitrogens with one attached hydrogen (secondary N) is 1. The number of carbonyl (C=O) groups excluding carboxylic acids is 1. The molecule has 0 bridgehead atoms. The first kappa shape index (κ1) is 14.5. The molecule has 1 N–H and O–H groups in total. The van der Waals surface area contributed by atoms with Crippen LogP contribution in [-0.2, 0) is 0 Å². The third-order valence-corrected chi connectivity index (χ3v) is 2.72. The lowest BCUT2D eigenvalue weighted by Crippen LogP contribution is -2.14. The van der Waals surface area contributed by atoms with Crippen molar-refractivity contribution in [2.45, 2.75) is 0 Å².